The van der Waals surface area contributed by atoms with Gasteiger partial charge in [0.2, 0.25) is 0 Å². The Morgan fingerprint density at radius 2 is 2.12 bits per heavy atom. The van der Waals surface area contributed by atoms with E-state index in [1.807, 2.05) is 18.2 Å². The monoisotopic (exact) mass is 253 g/mol. The van der Waals surface area contributed by atoms with Crippen LogP contribution in [0.5, 0.6) is 11.5 Å². The third-order valence-corrected chi connectivity index (χ3v) is 2.62. The first-order chi connectivity index (χ1) is 8.30. The van der Waals surface area contributed by atoms with Gasteiger partial charge in [-0.15, -0.1) is 21.8 Å². The van der Waals surface area contributed by atoms with Crippen LogP contribution in [0.2, 0.25) is 0 Å². The summed E-state index contributed by atoms with van der Waals surface area (Å²) in [5.74, 6) is 2.37. The van der Waals surface area contributed by atoms with Gasteiger partial charge in [-0.25, -0.2) is 0 Å². The predicted octanol–water partition coefficient (Wildman–Crippen LogP) is 2.02. The second kappa shape index (κ2) is 5.05. The first kappa shape index (κ1) is 11.7. The molecule has 0 bridgehead atoms. The van der Waals surface area contributed by atoms with E-state index in [0.717, 1.165) is 11.4 Å². The average molecular weight is 254 g/mol. The summed E-state index contributed by atoms with van der Waals surface area (Å²) in [6.45, 7) is 0. The average Bonchev–Trinajstić information content (AvgIpc) is 2.86. The topological polar surface area (TPSA) is 49.2 Å². The molecule has 2 rings (SSSR count). The molecule has 0 aliphatic heterocycles. The molecule has 1 aromatic carbocycles. The number of aromatic nitrogens is 3. The highest BCUT2D eigenvalue weighted by atomic mass is 35.5. The lowest BCUT2D eigenvalue weighted by Gasteiger charge is -2.11. The van der Waals surface area contributed by atoms with Crippen LogP contribution in [0, 0.1) is 0 Å². The van der Waals surface area contributed by atoms with Gasteiger partial charge in [-0.05, 0) is 12.1 Å². The molecule has 0 atom stereocenters. The van der Waals surface area contributed by atoms with Crippen molar-refractivity contribution in [3.63, 3.8) is 0 Å². The third-order valence-electron chi connectivity index (χ3n) is 2.38. The number of ether oxygens (including phenoxy) is 2. The number of hydrogen-bond acceptors (Lipinski definition) is 4. The molecule has 0 radical (unpaired) electrons. The Balaban J connectivity index is 2.56. The predicted molar refractivity (Wildman–Crippen MR) is 64.0 cm³/mol. The van der Waals surface area contributed by atoms with Gasteiger partial charge in [-0.2, -0.15) is 0 Å². The van der Waals surface area contributed by atoms with Gasteiger partial charge in [0, 0.05) is 6.07 Å². The van der Waals surface area contributed by atoms with Gasteiger partial charge in [0.15, 0.2) is 5.82 Å². The van der Waals surface area contributed by atoms with Crippen LogP contribution in [0.25, 0.3) is 5.69 Å². The molecule has 0 aliphatic carbocycles. The van der Waals surface area contributed by atoms with E-state index in [1.54, 1.807) is 25.1 Å². The maximum Gasteiger partial charge on any atom is 0.152 e. The minimum absolute atomic E-state index is 0.278. The van der Waals surface area contributed by atoms with Crippen LogP contribution in [0.1, 0.15) is 5.82 Å². The fourth-order valence-corrected chi connectivity index (χ4v) is 1.72. The van der Waals surface area contributed by atoms with E-state index in [-0.39, 0.29) is 5.88 Å². The zero-order chi connectivity index (χ0) is 12.3. The fraction of sp³-hybridized carbons (Fsp3) is 0.273. The van der Waals surface area contributed by atoms with E-state index in [9.17, 15) is 0 Å². The maximum atomic E-state index is 5.80. The van der Waals surface area contributed by atoms with Gasteiger partial charge in [0.05, 0.1) is 25.8 Å². The molecule has 0 fully saturated rings. The minimum atomic E-state index is 0.278. The van der Waals surface area contributed by atoms with E-state index >= 15 is 0 Å². The molecule has 0 amide bonds. The molecule has 0 saturated heterocycles. The largest absolute Gasteiger partial charge is 0.497 e. The van der Waals surface area contributed by atoms with Crippen molar-refractivity contribution in [2.24, 2.45) is 0 Å². The number of alkyl halides is 1. The van der Waals surface area contributed by atoms with E-state index in [1.165, 1.54) is 0 Å². The standard InChI is InChI=1S/C11H12ClN3O2/c1-16-8-3-4-10(17-2)9(5-8)15-7-13-14-11(15)6-12/h3-5,7H,6H2,1-2H3. The van der Waals surface area contributed by atoms with Gasteiger partial charge in [0.1, 0.15) is 17.8 Å². The highest BCUT2D eigenvalue weighted by Crippen LogP contribution is 2.28. The number of nitrogens with zero attached hydrogens (tertiary/aromatic N) is 3. The van der Waals surface area contributed by atoms with Gasteiger partial charge in [-0.1, -0.05) is 0 Å². The van der Waals surface area contributed by atoms with Crippen LogP contribution in [0.3, 0.4) is 0 Å². The molecule has 2 aromatic rings. The maximum absolute atomic E-state index is 5.80. The molecule has 5 nitrogen and oxygen atoms in total. The molecule has 0 N–H and O–H groups in total. The summed E-state index contributed by atoms with van der Waals surface area (Å²) in [4.78, 5) is 0. The Labute approximate surface area is 104 Å². The molecule has 0 unspecified atom stereocenters. The fourth-order valence-electron chi connectivity index (χ4n) is 1.54. The Morgan fingerprint density at radius 3 is 2.76 bits per heavy atom. The van der Waals surface area contributed by atoms with Gasteiger partial charge in [-0.3, -0.25) is 4.57 Å². The Hall–Kier alpha value is -1.75. The van der Waals surface area contributed by atoms with E-state index in [0.29, 0.717) is 11.6 Å². The summed E-state index contributed by atoms with van der Waals surface area (Å²) >= 11 is 5.80. The first-order valence-corrected chi connectivity index (χ1v) is 5.51. The molecule has 1 aromatic heterocycles. The highest BCUT2D eigenvalue weighted by Gasteiger charge is 2.11. The summed E-state index contributed by atoms with van der Waals surface area (Å²) in [5.41, 5.74) is 0.799. The van der Waals surface area contributed by atoms with Gasteiger partial charge >= 0.3 is 0 Å². The van der Waals surface area contributed by atoms with Crippen LogP contribution in [0.15, 0.2) is 24.5 Å². The molecule has 0 aliphatic rings. The van der Waals surface area contributed by atoms with Crippen molar-refractivity contribution in [1.82, 2.24) is 14.8 Å². The zero-order valence-corrected chi connectivity index (χ0v) is 10.3. The summed E-state index contributed by atoms with van der Waals surface area (Å²) < 4.78 is 12.2. The quantitative estimate of drug-likeness (QED) is 0.783. The van der Waals surface area contributed by atoms with Crippen LogP contribution in [0.4, 0.5) is 0 Å². The molecular weight excluding hydrogens is 242 g/mol. The summed E-state index contributed by atoms with van der Waals surface area (Å²) in [7, 11) is 3.22. The second-order valence-corrected chi connectivity index (χ2v) is 3.56. The second-order valence-electron chi connectivity index (χ2n) is 3.29. The molecule has 1 heterocycles. The Kier molecular flexibility index (Phi) is 3.49. The van der Waals surface area contributed by atoms with Crippen molar-refractivity contribution in [3.05, 3.63) is 30.4 Å². The summed E-state index contributed by atoms with van der Waals surface area (Å²) in [6, 6.07) is 5.50. The van der Waals surface area contributed by atoms with Crippen LogP contribution in [-0.4, -0.2) is 29.0 Å². The number of methoxy groups -OCH3 is 2. The number of hydrogen-bond donors (Lipinski definition) is 0. The van der Waals surface area contributed by atoms with Crippen molar-refractivity contribution in [2.75, 3.05) is 14.2 Å². The molecule has 6 heteroatoms. The van der Waals surface area contributed by atoms with Crippen molar-refractivity contribution >= 4 is 11.6 Å². The smallest absolute Gasteiger partial charge is 0.152 e. The SMILES string of the molecule is COc1ccc(OC)c(-n2cnnc2CCl)c1. The third kappa shape index (κ3) is 2.19. The Bertz CT molecular complexity index is 513. The number of benzene rings is 1. The van der Waals surface area contributed by atoms with E-state index in [4.69, 9.17) is 21.1 Å². The Morgan fingerprint density at radius 1 is 1.29 bits per heavy atom. The van der Waals surface area contributed by atoms with Crippen molar-refractivity contribution in [2.45, 2.75) is 5.88 Å². The summed E-state index contributed by atoms with van der Waals surface area (Å²) in [5, 5.41) is 7.76. The highest BCUT2D eigenvalue weighted by molar-refractivity contribution is 6.16. The first-order valence-electron chi connectivity index (χ1n) is 4.97. The lowest BCUT2D eigenvalue weighted by molar-refractivity contribution is 0.401. The van der Waals surface area contributed by atoms with Crippen molar-refractivity contribution in [1.29, 1.82) is 0 Å². The van der Waals surface area contributed by atoms with Gasteiger partial charge < -0.3 is 9.47 Å². The molecule has 0 spiro atoms. The van der Waals surface area contributed by atoms with Crippen LogP contribution >= 0.6 is 11.6 Å². The normalized spacial score (nSPS) is 10.3. The van der Waals surface area contributed by atoms with Crippen LogP contribution < -0.4 is 9.47 Å². The molecule has 90 valence electrons. The number of halogens is 1. The van der Waals surface area contributed by atoms with E-state index in [2.05, 4.69) is 10.2 Å². The lowest BCUT2D eigenvalue weighted by Crippen LogP contribution is -2.01. The molecule has 0 saturated carbocycles. The zero-order valence-electron chi connectivity index (χ0n) is 9.55. The van der Waals surface area contributed by atoms with Crippen LogP contribution in [-0.2, 0) is 5.88 Å². The molecule has 17 heavy (non-hydrogen) atoms. The molecular formula is C11H12ClN3O2. The van der Waals surface area contributed by atoms with E-state index < -0.39 is 0 Å². The van der Waals surface area contributed by atoms with Crippen molar-refractivity contribution in [3.8, 4) is 17.2 Å². The van der Waals surface area contributed by atoms with Gasteiger partial charge in [0.25, 0.3) is 0 Å². The van der Waals surface area contributed by atoms with Crippen molar-refractivity contribution < 1.29 is 9.47 Å². The minimum Gasteiger partial charge on any atom is -0.497 e. The summed E-state index contributed by atoms with van der Waals surface area (Å²) in [6.07, 6.45) is 1.59. The lowest BCUT2D eigenvalue weighted by atomic mass is 10.2. The number of rotatable bonds is 4.